The maximum atomic E-state index is 11.4. The molecule has 0 amide bonds. The van der Waals surface area contributed by atoms with Crippen LogP contribution in [0.15, 0.2) is 0 Å². The van der Waals surface area contributed by atoms with Crippen molar-refractivity contribution in [1.82, 2.24) is 0 Å². The Labute approximate surface area is 118 Å². The van der Waals surface area contributed by atoms with Gasteiger partial charge in [0.2, 0.25) is 0 Å². The molecule has 5 heteroatoms. The number of ether oxygens (including phenoxy) is 2. The predicted molar refractivity (Wildman–Crippen MR) is 79.8 cm³/mol. The second-order valence-electron chi connectivity index (χ2n) is 6.36. The third kappa shape index (κ3) is 8.52. The van der Waals surface area contributed by atoms with E-state index in [0.717, 1.165) is 19.4 Å². The van der Waals surface area contributed by atoms with Crippen molar-refractivity contribution in [2.24, 2.45) is 0 Å². The van der Waals surface area contributed by atoms with Gasteiger partial charge in [0.15, 0.2) is 14.1 Å². The van der Waals surface area contributed by atoms with Crippen LogP contribution in [0.25, 0.3) is 0 Å². The Morgan fingerprint density at radius 3 is 2.32 bits per heavy atom. The molecule has 0 spiro atoms. The van der Waals surface area contributed by atoms with Crippen LogP contribution in [0.2, 0.25) is 18.1 Å². The minimum absolute atomic E-state index is 0.129. The van der Waals surface area contributed by atoms with E-state index in [9.17, 15) is 4.79 Å². The highest BCUT2D eigenvalue weighted by molar-refractivity contribution is 6.74. The first kappa shape index (κ1) is 18.8. The summed E-state index contributed by atoms with van der Waals surface area (Å²) in [5.74, 6) is 0.129. The Morgan fingerprint density at radius 2 is 1.79 bits per heavy atom. The fourth-order valence-electron chi connectivity index (χ4n) is 1.28. The average Bonchev–Trinajstić information content (AvgIpc) is 2.27. The number of hydrogen-bond acceptors (Lipinski definition) is 4. The van der Waals surface area contributed by atoms with E-state index in [0.29, 0.717) is 6.42 Å². The third-order valence-corrected chi connectivity index (χ3v) is 8.12. The number of carbonyl (C=O) groups excluding carboxylic acids is 1. The molecule has 0 aromatic rings. The minimum Gasteiger partial charge on any atom is -0.417 e. The van der Waals surface area contributed by atoms with Gasteiger partial charge in [0.05, 0.1) is 0 Å². The normalized spacial score (nSPS) is 12.7. The van der Waals surface area contributed by atoms with E-state index in [-0.39, 0.29) is 24.2 Å². The molecule has 0 N–H and O–H groups in total. The van der Waals surface area contributed by atoms with E-state index < -0.39 is 8.32 Å². The lowest BCUT2D eigenvalue weighted by atomic mass is 10.2. The van der Waals surface area contributed by atoms with Gasteiger partial charge in [-0.3, -0.25) is 4.79 Å². The van der Waals surface area contributed by atoms with Gasteiger partial charge in [-0.2, -0.15) is 0 Å². The molecule has 0 heterocycles. The molecule has 114 valence electrons. The van der Waals surface area contributed by atoms with Crippen LogP contribution in [0, 0.1) is 0 Å². The molecule has 0 rings (SSSR count). The molecule has 0 aliphatic rings. The number of methoxy groups -OCH3 is 1. The first-order chi connectivity index (χ1) is 8.70. The number of unbranched alkanes of at least 4 members (excludes halogenated alkanes) is 1. The van der Waals surface area contributed by atoms with Crippen molar-refractivity contribution < 1.29 is 18.7 Å². The van der Waals surface area contributed by atoms with Gasteiger partial charge in [0, 0.05) is 20.1 Å². The highest BCUT2D eigenvalue weighted by Crippen LogP contribution is 2.36. The van der Waals surface area contributed by atoms with Crippen molar-refractivity contribution in [2.75, 3.05) is 27.1 Å². The van der Waals surface area contributed by atoms with Gasteiger partial charge in [0.1, 0.15) is 13.4 Å². The van der Waals surface area contributed by atoms with Crippen LogP contribution in [-0.4, -0.2) is 41.2 Å². The highest BCUT2D eigenvalue weighted by atomic mass is 28.4. The van der Waals surface area contributed by atoms with Crippen LogP contribution < -0.4 is 0 Å². The molecule has 0 fully saturated rings. The SMILES string of the molecule is COCOCC(=O)CCCCO[Si](C)(C)C(C)(C)C. The van der Waals surface area contributed by atoms with E-state index in [1.165, 1.54) is 0 Å². The molecule has 0 radical (unpaired) electrons. The molecule has 0 bridgehead atoms. The molecule has 0 aromatic heterocycles. The number of Topliss-reactive ketones (excluding diaryl/α,β-unsaturated/α-hetero) is 1. The molecule has 0 aromatic carbocycles. The van der Waals surface area contributed by atoms with Crippen LogP contribution in [0.3, 0.4) is 0 Å². The fourth-order valence-corrected chi connectivity index (χ4v) is 2.37. The second-order valence-corrected chi connectivity index (χ2v) is 11.2. The molecule has 4 nitrogen and oxygen atoms in total. The quantitative estimate of drug-likeness (QED) is 0.351. The first-order valence-electron chi connectivity index (χ1n) is 6.93. The molecule has 0 aliphatic heterocycles. The van der Waals surface area contributed by atoms with E-state index in [1.807, 2.05) is 0 Å². The number of hydrogen-bond donors (Lipinski definition) is 0. The summed E-state index contributed by atoms with van der Waals surface area (Å²) in [6.45, 7) is 12.3. The summed E-state index contributed by atoms with van der Waals surface area (Å²) in [6, 6.07) is 0. The monoisotopic (exact) mass is 290 g/mol. The summed E-state index contributed by atoms with van der Waals surface area (Å²) in [5, 5.41) is 0.247. The van der Waals surface area contributed by atoms with E-state index in [1.54, 1.807) is 7.11 Å². The summed E-state index contributed by atoms with van der Waals surface area (Å²) in [5.41, 5.74) is 0. The Kier molecular flexibility index (Phi) is 8.73. The van der Waals surface area contributed by atoms with Crippen molar-refractivity contribution in [3.05, 3.63) is 0 Å². The van der Waals surface area contributed by atoms with Crippen molar-refractivity contribution in [1.29, 1.82) is 0 Å². The van der Waals surface area contributed by atoms with Crippen molar-refractivity contribution >= 4 is 14.1 Å². The molecule has 0 atom stereocenters. The lowest BCUT2D eigenvalue weighted by Gasteiger charge is -2.36. The largest absolute Gasteiger partial charge is 0.417 e. The minimum atomic E-state index is -1.63. The Balaban J connectivity index is 3.63. The third-order valence-electron chi connectivity index (χ3n) is 3.58. The second kappa shape index (κ2) is 8.84. The standard InChI is InChI=1S/C14H30O4Si/c1-14(2,3)19(5,6)18-10-8-7-9-13(15)11-17-12-16-4/h7-12H2,1-6H3. The first-order valence-corrected chi connectivity index (χ1v) is 9.84. The van der Waals surface area contributed by atoms with Crippen molar-refractivity contribution in [3.8, 4) is 0 Å². The van der Waals surface area contributed by atoms with E-state index in [2.05, 4.69) is 33.9 Å². The van der Waals surface area contributed by atoms with Gasteiger partial charge < -0.3 is 13.9 Å². The topological polar surface area (TPSA) is 44.8 Å². The smallest absolute Gasteiger partial charge is 0.191 e. The maximum absolute atomic E-state index is 11.4. The zero-order valence-electron chi connectivity index (χ0n) is 13.4. The van der Waals surface area contributed by atoms with E-state index >= 15 is 0 Å². The summed E-state index contributed by atoms with van der Waals surface area (Å²) >= 11 is 0. The zero-order chi connectivity index (χ0) is 14.9. The predicted octanol–water partition coefficient (Wildman–Crippen LogP) is 3.37. The molecular weight excluding hydrogens is 260 g/mol. The summed E-state index contributed by atoms with van der Waals surface area (Å²) < 4.78 is 15.8. The Bertz CT molecular complexity index is 259. The zero-order valence-corrected chi connectivity index (χ0v) is 14.4. The fraction of sp³-hybridized carbons (Fsp3) is 0.929. The summed E-state index contributed by atoms with van der Waals surface area (Å²) in [6.07, 6.45) is 2.36. The molecule has 0 saturated carbocycles. The Morgan fingerprint density at radius 1 is 1.16 bits per heavy atom. The lowest BCUT2D eigenvalue weighted by Crippen LogP contribution is -2.40. The number of rotatable bonds is 10. The van der Waals surface area contributed by atoms with Gasteiger partial charge in [0.25, 0.3) is 0 Å². The summed E-state index contributed by atoms with van der Waals surface area (Å²) in [4.78, 5) is 11.4. The molecule has 19 heavy (non-hydrogen) atoms. The maximum Gasteiger partial charge on any atom is 0.191 e. The van der Waals surface area contributed by atoms with E-state index in [4.69, 9.17) is 13.9 Å². The number of ketones is 1. The van der Waals surface area contributed by atoms with Crippen LogP contribution >= 0.6 is 0 Å². The van der Waals surface area contributed by atoms with Crippen LogP contribution in [0.5, 0.6) is 0 Å². The average molecular weight is 290 g/mol. The molecule has 0 saturated heterocycles. The van der Waals surface area contributed by atoms with Crippen LogP contribution in [0.1, 0.15) is 40.0 Å². The molecule has 0 unspecified atom stereocenters. The highest BCUT2D eigenvalue weighted by Gasteiger charge is 2.36. The van der Waals surface area contributed by atoms with Gasteiger partial charge >= 0.3 is 0 Å². The number of carbonyl (C=O) groups is 1. The van der Waals surface area contributed by atoms with Gasteiger partial charge in [-0.05, 0) is 31.0 Å². The van der Waals surface area contributed by atoms with Crippen molar-refractivity contribution in [2.45, 2.75) is 58.2 Å². The summed E-state index contributed by atoms with van der Waals surface area (Å²) in [7, 11) is -0.0898. The van der Waals surface area contributed by atoms with Gasteiger partial charge in [-0.15, -0.1) is 0 Å². The molecule has 0 aliphatic carbocycles. The Hall–Kier alpha value is -0.233. The van der Waals surface area contributed by atoms with Crippen LogP contribution in [-0.2, 0) is 18.7 Å². The van der Waals surface area contributed by atoms with Gasteiger partial charge in [-0.25, -0.2) is 0 Å². The van der Waals surface area contributed by atoms with Crippen LogP contribution in [0.4, 0.5) is 0 Å². The molecular formula is C14H30O4Si. The lowest BCUT2D eigenvalue weighted by molar-refractivity contribution is -0.128. The van der Waals surface area contributed by atoms with Crippen molar-refractivity contribution in [3.63, 3.8) is 0 Å². The van der Waals surface area contributed by atoms with Gasteiger partial charge in [-0.1, -0.05) is 20.8 Å².